The molecule has 0 bridgehead atoms. The zero-order valence-corrected chi connectivity index (χ0v) is 10.3. The van der Waals surface area contributed by atoms with Gasteiger partial charge in [-0.1, -0.05) is 41.1 Å². The molecule has 2 rings (SSSR count). The van der Waals surface area contributed by atoms with Crippen molar-refractivity contribution in [3.05, 3.63) is 34.9 Å². The molecule has 1 unspecified atom stereocenters. The van der Waals surface area contributed by atoms with Gasteiger partial charge >= 0.3 is 0 Å². The summed E-state index contributed by atoms with van der Waals surface area (Å²) in [5.74, 6) is 0.695. The second-order valence-corrected chi connectivity index (χ2v) is 4.79. The highest BCUT2D eigenvalue weighted by Crippen LogP contribution is 2.28. The van der Waals surface area contributed by atoms with Crippen LogP contribution in [-0.4, -0.2) is 5.33 Å². The number of hydrogen-bond acceptors (Lipinski definition) is 0. The van der Waals surface area contributed by atoms with Crippen molar-refractivity contribution in [2.75, 3.05) is 5.33 Å². The van der Waals surface area contributed by atoms with Crippen LogP contribution in [0.15, 0.2) is 18.2 Å². The first-order valence-corrected chi connectivity index (χ1v) is 6.65. The molecule has 1 aromatic carbocycles. The molecule has 0 saturated carbocycles. The Bertz CT molecular complexity index is 313. The lowest BCUT2D eigenvalue weighted by molar-refractivity contribution is 0.747. The highest BCUT2D eigenvalue weighted by molar-refractivity contribution is 9.09. The minimum atomic E-state index is 0.695. The Kier molecular flexibility index (Phi) is 3.27. The van der Waals surface area contributed by atoms with Crippen molar-refractivity contribution < 1.29 is 0 Å². The summed E-state index contributed by atoms with van der Waals surface area (Å²) in [5.41, 5.74) is 4.70. The number of benzene rings is 1. The lowest BCUT2D eigenvalue weighted by Crippen LogP contribution is -1.99. The van der Waals surface area contributed by atoms with Gasteiger partial charge in [0.05, 0.1) is 0 Å². The van der Waals surface area contributed by atoms with Crippen molar-refractivity contribution in [1.29, 1.82) is 0 Å². The summed E-state index contributed by atoms with van der Waals surface area (Å²) in [6.07, 6.45) is 5.16. The van der Waals surface area contributed by atoms with Gasteiger partial charge in [-0.15, -0.1) is 0 Å². The van der Waals surface area contributed by atoms with E-state index in [1.807, 2.05) is 0 Å². The third-order valence-corrected chi connectivity index (χ3v) is 4.05. The maximum absolute atomic E-state index is 3.59. The fourth-order valence-electron chi connectivity index (χ4n) is 2.28. The molecule has 76 valence electrons. The van der Waals surface area contributed by atoms with Crippen LogP contribution >= 0.6 is 15.9 Å². The molecule has 0 nitrogen and oxygen atoms in total. The van der Waals surface area contributed by atoms with E-state index in [-0.39, 0.29) is 0 Å². The summed E-state index contributed by atoms with van der Waals surface area (Å²) in [4.78, 5) is 0. The summed E-state index contributed by atoms with van der Waals surface area (Å²) in [6.45, 7) is 2.26. The SMILES string of the molecule is CCC(CBr)c1ccc2c(c1)CCC2. The Labute approximate surface area is 94.8 Å². The summed E-state index contributed by atoms with van der Waals surface area (Å²) in [5, 5.41) is 1.09. The van der Waals surface area contributed by atoms with Gasteiger partial charge in [0, 0.05) is 5.33 Å². The Morgan fingerprint density at radius 1 is 1.29 bits per heavy atom. The summed E-state index contributed by atoms with van der Waals surface area (Å²) in [6, 6.07) is 7.08. The van der Waals surface area contributed by atoms with Gasteiger partial charge in [0.2, 0.25) is 0 Å². The average molecular weight is 253 g/mol. The van der Waals surface area contributed by atoms with Gasteiger partial charge in [-0.2, -0.15) is 0 Å². The predicted octanol–water partition coefficient (Wildman–Crippen LogP) is 4.06. The predicted molar refractivity (Wildman–Crippen MR) is 65.3 cm³/mol. The molecule has 0 amide bonds. The lowest BCUT2D eigenvalue weighted by atomic mass is 9.95. The number of rotatable bonds is 3. The number of hydrogen-bond donors (Lipinski definition) is 0. The van der Waals surface area contributed by atoms with Gasteiger partial charge in [0.15, 0.2) is 0 Å². The topological polar surface area (TPSA) is 0 Å². The minimum absolute atomic E-state index is 0.695. The van der Waals surface area contributed by atoms with Crippen LogP contribution in [0.2, 0.25) is 0 Å². The lowest BCUT2D eigenvalue weighted by Gasteiger charge is -2.13. The molecule has 0 heterocycles. The molecule has 0 radical (unpaired) electrons. The van der Waals surface area contributed by atoms with Crippen LogP contribution in [0.4, 0.5) is 0 Å². The first kappa shape index (κ1) is 10.2. The van der Waals surface area contributed by atoms with E-state index in [9.17, 15) is 0 Å². The van der Waals surface area contributed by atoms with Crippen molar-refractivity contribution in [3.8, 4) is 0 Å². The number of alkyl halides is 1. The van der Waals surface area contributed by atoms with Crippen LogP contribution in [0.5, 0.6) is 0 Å². The van der Waals surface area contributed by atoms with E-state index in [0.717, 1.165) is 5.33 Å². The molecular weight excluding hydrogens is 236 g/mol. The minimum Gasteiger partial charge on any atom is -0.0921 e. The fraction of sp³-hybridized carbons (Fsp3) is 0.538. The summed E-state index contributed by atoms with van der Waals surface area (Å²) < 4.78 is 0. The van der Waals surface area contributed by atoms with E-state index in [1.54, 1.807) is 11.1 Å². The van der Waals surface area contributed by atoms with E-state index in [4.69, 9.17) is 0 Å². The Hall–Kier alpha value is -0.300. The van der Waals surface area contributed by atoms with Crippen molar-refractivity contribution >= 4 is 15.9 Å². The van der Waals surface area contributed by atoms with Crippen LogP contribution in [0, 0.1) is 0 Å². The number of aryl methyl sites for hydroxylation is 2. The average Bonchev–Trinajstić information content (AvgIpc) is 2.66. The second kappa shape index (κ2) is 4.48. The highest BCUT2D eigenvalue weighted by atomic mass is 79.9. The Morgan fingerprint density at radius 3 is 2.79 bits per heavy atom. The quantitative estimate of drug-likeness (QED) is 0.712. The van der Waals surface area contributed by atoms with Crippen LogP contribution in [0.1, 0.15) is 42.4 Å². The highest BCUT2D eigenvalue weighted by Gasteiger charge is 2.14. The largest absolute Gasteiger partial charge is 0.0921 e. The molecule has 0 spiro atoms. The number of halogens is 1. The maximum Gasteiger partial charge on any atom is 0.0100 e. The summed E-state index contributed by atoms with van der Waals surface area (Å²) >= 11 is 3.59. The molecule has 1 aromatic rings. The molecule has 1 aliphatic carbocycles. The maximum atomic E-state index is 3.59. The van der Waals surface area contributed by atoms with Gasteiger partial charge in [-0.25, -0.2) is 0 Å². The van der Waals surface area contributed by atoms with Crippen molar-refractivity contribution in [3.63, 3.8) is 0 Å². The van der Waals surface area contributed by atoms with Crippen LogP contribution in [0.25, 0.3) is 0 Å². The van der Waals surface area contributed by atoms with Gasteiger partial charge in [-0.3, -0.25) is 0 Å². The molecule has 14 heavy (non-hydrogen) atoms. The normalized spacial score (nSPS) is 16.7. The van der Waals surface area contributed by atoms with Crippen molar-refractivity contribution in [1.82, 2.24) is 0 Å². The van der Waals surface area contributed by atoms with Gasteiger partial charge in [0.25, 0.3) is 0 Å². The summed E-state index contributed by atoms with van der Waals surface area (Å²) in [7, 11) is 0. The van der Waals surface area contributed by atoms with Gasteiger partial charge in [-0.05, 0) is 48.3 Å². The first-order chi connectivity index (χ1) is 6.85. The van der Waals surface area contributed by atoms with Crippen LogP contribution in [0.3, 0.4) is 0 Å². The zero-order valence-electron chi connectivity index (χ0n) is 8.72. The second-order valence-electron chi connectivity index (χ2n) is 4.14. The van der Waals surface area contributed by atoms with Crippen LogP contribution in [-0.2, 0) is 12.8 Å². The van der Waals surface area contributed by atoms with Crippen molar-refractivity contribution in [2.24, 2.45) is 0 Å². The molecule has 0 saturated heterocycles. The molecule has 0 aliphatic heterocycles. The molecule has 0 fully saturated rings. The smallest absolute Gasteiger partial charge is 0.0100 e. The van der Waals surface area contributed by atoms with E-state index < -0.39 is 0 Å². The van der Waals surface area contributed by atoms with E-state index in [2.05, 4.69) is 41.1 Å². The zero-order chi connectivity index (χ0) is 9.97. The van der Waals surface area contributed by atoms with E-state index in [1.165, 1.54) is 31.2 Å². The van der Waals surface area contributed by atoms with E-state index >= 15 is 0 Å². The first-order valence-electron chi connectivity index (χ1n) is 5.52. The molecule has 1 heteroatoms. The van der Waals surface area contributed by atoms with Crippen molar-refractivity contribution in [2.45, 2.75) is 38.5 Å². The molecule has 1 aliphatic rings. The third kappa shape index (κ3) is 1.88. The van der Waals surface area contributed by atoms with Gasteiger partial charge < -0.3 is 0 Å². The molecular formula is C13H17Br. The van der Waals surface area contributed by atoms with Gasteiger partial charge in [0.1, 0.15) is 0 Å². The monoisotopic (exact) mass is 252 g/mol. The van der Waals surface area contributed by atoms with E-state index in [0.29, 0.717) is 5.92 Å². The Balaban J connectivity index is 2.27. The fourth-order valence-corrected chi connectivity index (χ4v) is 3.11. The molecule has 0 N–H and O–H groups in total. The Morgan fingerprint density at radius 2 is 2.07 bits per heavy atom. The standard InChI is InChI=1S/C13H17Br/c1-2-10(9-14)13-7-6-11-4-3-5-12(11)8-13/h6-8,10H,2-5,9H2,1H3. The number of fused-ring (bicyclic) bond motifs is 1. The molecule has 1 atom stereocenters. The third-order valence-electron chi connectivity index (χ3n) is 3.27. The molecule has 0 aromatic heterocycles. The van der Waals surface area contributed by atoms with Crippen LogP contribution < -0.4 is 0 Å².